The monoisotopic (exact) mass is 422 g/mol. The molecule has 0 saturated carbocycles. The fraction of sp³-hybridized carbons (Fsp3) is 0.826. The molecule has 7 nitrogen and oxygen atoms in total. The molecule has 0 aromatic rings. The summed E-state index contributed by atoms with van der Waals surface area (Å²) in [6.07, 6.45) is 3.83. The van der Waals surface area contributed by atoms with Crippen LogP contribution in [0.4, 0.5) is 4.79 Å². The van der Waals surface area contributed by atoms with Gasteiger partial charge in [0.05, 0.1) is 13.2 Å². The van der Waals surface area contributed by atoms with Crippen LogP contribution in [-0.2, 0) is 9.53 Å². The van der Waals surface area contributed by atoms with E-state index < -0.39 is 0 Å². The van der Waals surface area contributed by atoms with Crippen LogP contribution in [0.25, 0.3) is 0 Å². The van der Waals surface area contributed by atoms with Gasteiger partial charge in [0.2, 0.25) is 5.91 Å². The molecule has 7 heteroatoms. The van der Waals surface area contributed by atoms with Gasteiger partial charge in [-0.25, -0.2) is 4.79 Å². The normalized spacial score (nSPS) is 25.2. The van der Waals surface area contributed by atoms with Crippen molar-refractivity contribution in [2.75, 3.05) is 45.9 Å². The number of nitrogens with one attached hydrogen (secondary N) is 3. The van der Waals surface area contributed by atoms with Crippen molar-refractivity contribution >= 4 is 11.9 Å². The minimum Gasteiger partial charge on any atom is -0.379 e. The molecular formula is C23H42N4O3. The van der Waals surface area contributed by atoms with Gasteiger partial charge in [-0.15, -0.1) is 0 Å². The molecule has 3 amide bonds. The minimum absolute atomic E-state index is 0.111. The largest absolute Gasteiger partial charge is 0.379 e. The topological polar surface area (TPSA) is 82.7 Å². The number of amides is 3. The first-order chi connectivity index (χ1) is 14.3. The van der Waals surface area contributed by atoms with Crippen LogP contribution in [0.2, 0.25) is 0 Å². The van der Waals surface area contributed by atoms with Gasteiger partial charge >= 0.3 is 6.03 Å². The predicted molar refractivity (Wildman–Crippen MR) is 120 cm³/mol. The van der Waals surface area contributed by atoms with Crippen LogP contribution in [0, 0.1) is 23.7 Å². The van der Waals surface area contributed by atoms with E-state index in [4.69, 9.17) is 4.74 Å². The highest BCUT2D eigenvalue weighted by Crippen LogP contribution is 2.38. The molecular weight excluding hydrogens is 380 g/mol. The lowest BCUT2D eigenvalue weighted by atomic mass is 9.70. The molecule has 0 bridgehead atoms. The molecule has 0 spiro atoms. The van der Waals surface area contributed by atoms with Gasteiger partial charge in [0.1, 0.15) is 0 Å². The molecule has 0 aromatic carbocycles. The van der Waals surface area contributed by atoms with E-state index in [1.165, 1.54) is 5.57 Å². The molecule has 0 aromatic heterocycles. The molecule has 1 fully saturated rings. The maximum absolute atomic E-state index is 12.5. The Morgan fingerprint density at radius 3 is 2.50 bits per heavy atom. The van der Waals surface area contributed by atoms with Crippen molar-refractivity contribution in [3.8, 4) is 0 Å². The SMILES string of the molecule is CC1=CC(CNC(=O)NC(C)C)C(C(C)C)CC1CC(=O)NCCN1CCOCC1. The van der Waals surface area contributed by atoms with Crippen LogP contribution in [0.3, 0.4) is 0 Å². The number of urea groups is 1. The number of nitrogens with zero attached hydrogens (tertiary/aromatic N) is 1. The number of rotatable bonds is 9. The van der Waals surface area contributed by atoms with Crippen molar-refractivity contribution in [1.82, 2.24) is 20.9 Å². The summed E-state index contributed by atoms with van der Waals surface area (Å²) in [6.45, 7) is 16.2. The van der Waals surface area contributed by atoms with Crippen LogP contribution in [0.5, 0.6) is 0 Å². The lowest BCUT2D eigenvalue weighted by molar-refractivity contribution is -0.122. The van der Waals surface area contributed by atoms with Crippen molar-refractivity contribution in [2.45, 2.75) is 53.5 Å². The summed E-state index contributed by atoms with van der Waals surface area (Å²) in [6, 6.07) is 0.0148. The molecule has 3 unspecified atom stereocenters. The van der Waals surface area contributed by atoms with Crippen LogP contribution < -0.4 is 16.0 Å². The Morgan fingerprint density at radius 2 is 1.87 bits per heavy atom. The van der Waals surface area contributed by atoms with Gasteiger partial charge < -0.3 is 20.7 Å². The minimum atomic E-state index is -0.111. The van der Waals surface area contributed by atoms with Crippen LogP contribution >= 0.6 is 0 Å². The number of allylic oxidation sites excluding steroid dienone is 1. The lowest BCUT2D eigenvalue weighted by Gasteiger charge is -2.37. The molecule has 2 rings (SSSR count). The average Bonchev–Trinajstić information content (AvgIpc) is 2.68. The second-order valence-corrected chi connectivity index (χ2v) is 9.43. The fourth-order valence-corrected chi connectivity index (χ4v) is 4.51. The molecule has 2 aliphatic rings. The quantitative estimate of drug-likeness (QED) is 0.498. The van der Waals surface area contributed by atoms with E-state index in [1.54, 1.807) is 0 Å². The zero-order valence-electron chi connectivity index (χ0n) is 19.5. The summed E-state index contributed by atoms with van der Waals surface area (Å²) in [4.78, 5) is 26.8. The molecule has 1 heterocycles. The van der Waals surface area contributed by atoms with Gasteiger partial charge in [-0.1, -0.05) is 25.5 Å². The molecule has 0 radical (unpaired) electrons. The lowest BCUT2D eigenvalue weighted by Crippen LogP contribution is -2.44. The summed E-state index contributed by atoms with van der Waals surface area (Å²) >= 11 is 0. The van der Waals surface area contributed by atoms with E-state index in [9.17, 15) is 9.59 Å². The van der Waals surface area contributed by atoms with E-state index in [2.05, 4.69) is 47.7 Å². The number of carbonyl (C=O) groups excluding carboxylic acids is 2. The smallest absolute Gasteiger partial charge is 0.315 e. The Bertz CT molecular complexity index is 585. The van der Waals surface area contributed by atoms with Crippen LogP contribution in [0.1, 0.15) is 47.5 Å². The van der Waals surface area contributed by atoms with E-state index >= 15 is 0 Å². The third-order valence-corrected chi connectivity index (χ3v) is 6.29. The van der Waals surface area contributed by atoms with Gasteiger partial charge in [0, 0.05) is 45.2 Å². The van der Waals surface area contributed by atoms with Gasteiger partial charge in [-0.3, -0.25) is 9.69 Å². The predicted octanol–water partition coefficient (Wildman–Crippen LogP) is 2.39. The first kappa shape index (κ1) is 24.7. The van der Waals surface area contributed by atoms with E-state index in [0.29, 0.717) is 37.3 Å². The molecule has 30 heavy (non-hydrogen) atoms. The number of morpholine rings is 1. The molecule has 172 valence electrons. The standard InChI is InChI=1S/C23H42N4O3/c1-16(2)21-13-19(14-22(28)24-6-7-27-8-10-30-11-9-27)18(5)12-20(21)15-25-23(29)26-17(3)4/h12,16-17,19-21H,6-11,13-15H2,1-5H3,(H,24,28)(H2,25,26,29). The van der Waals surface area contributed by atoms with Crippen LogP contribution in [-0.4, -0.2) is 68.8 Å². The number of carbonyl (C=O) groups is 2. The first-order valence-corrected chi connectivity index (χ1v) is 11.6. The highest BCUT2D eigenvalue weighted by atomic mass is 16.5. The Morgan fingerprint density at radius 1 is 1.17 bits per heavy atom. The molecule has 3 N–H and O–H groups in total. The number of ether oxygens (including phenoxy) is 1. The van der Waals surface area contributed by atoms with Crippen LogP contribution in [0.15, 0.2) is 11.6 Å². The van der Waals surface area contributed by atoms with E-state index in [0.717, 1.165) is 39.3 Å². The molecule has 1 saturated heterocycles. The van der Waals surface area contributed by atoms with Gasteiger partial charge in [-0.2, -0.15) is 0 Å². The van der Waals surface area contributed by atoms with Gasteiger partial charge in [0.15, 0.2) is 0 Å². The van der Waals surface area contributed by atoms with Crippen molar-refractivity contribution in [3.05, 3.63) is 11.6 Å². The Balaban J connectivity index is 1.83. The van der Waals surface area contributed by atoms with Gasteiger partial charge in [0.25, 0.3) is 0 Å². The summed E-state index contributed by atoms with van der Waals surface area (Å²) in [5.41, 5.74) is 1.27. The highest BCUT2D eigenvalue weighted by Gasteiger charge is 2.32. The summed E-state index contributed by atoms with van der Waals surface area (Å²) in [5.74, 6) is 1.68. The zero-order chi connectivity index (χ0) is 22.1. The van der Waals surface area contributed by atoms with E-state index in [1.807, 2.05) is 13.8 Å². The maximum Gasteiger partial charge on any atom is 0.315 e. The third-order valence-electron chi connectivity index (χ3n) is 6.29. The summed E-state index contributed by atoms with van der Waals surface area (Å²) < 4.78 is 5.36. The first-order valence-electron chi connectivity index (χ1n) is 11.6. The van der Waals surface area contributed by atoms with Crippen molar-refractivity contribution in [1.29, 1.82) is 0 Å². The highest BCUT2D eigenvalue weighted by molar-refractivity contribution is 5.76. The molecule has 1 aliphatic heterocycles. The van der Waals surface area contributed by atoms with Crippen molar-refractivity contribution in [2.24, 2.45) is 23.7 Å². The maximum atomic E-state index is 12.5. The second kappa shape index (κ2) is 12.3. The summed E-state index contributed by atoms with van der Waals surface area (Å²) in [5, 5.41) is 9.00. The van der Waals surface area contributed by atoms with Crippen molar-refractivity contribution in [3.63, 3.8) is 0 Å². The fourth-order valence-electron chi connectivity index (χ4n) is 4.51. The average molecular weight is 423 g/mol. The Kier molecular flexibility index (Phi) is 10.1. The Labute approximate surface area is 182 Å². The number of hydrogen-bond acceptors (Lipinski definition) is 4. The summed E-state index contributed by atoms with van der Waals surface area (Å²) in [7, 11) is 0. The second-order valence-electron chi connectivity index (χ2n) is 9.43. The van der Waals surface area contributed by atoms with Crippen molar-refractivity contribution < 1.29 is 14.3 Å². The molecule has 1 aliphatic carbocycles. The number of hydrogen-bond donors (Lipinski definition) is 3. The van der Waals surface area contributed by atoms with Gasteiger partial charge in [-0.05, 0) is 50.9 Å². The third kappa shape index (κ3) is 8.26. The molecule has 3 atom stereocenters. The van der Waals surface area contributed by atoms with E-state index in [-0.39, 0.29) is 23.9 Å². The Hall–Kier alpha value is -1.60. The zero-order valence-corrected chi connectivity index (χ0v) is 19.5.